The highest BCUT2D eigenvalue weighted by Gasteiger charge is 2.17. The van der Waals surface area contributed by atoms with Crippen molar-refractivity contribution >= 4 is 0 Å². The van der Waals surface area contributed by atoms with Crippen LogP contribution >= 0.6 is 0 Å². The fourth-order valence-electron chi connectivity index (χ4n) is 2.70. The Balaban J connectivity index is 2.45. The van der Waals surface area contributed by atoms with Crippen molar-refractivity contribution in [3.63, 3.8) is 0 Å². The van der Waals surface area contributed by atoms with Crippen molar-refractivity contribution in [2.24, 2.45) is 0 Å². The van der Waals surface area contributed by atoms with Gasteiger partial charge in [0, 0.05) is 26.7 Å². The Labute approximate surface area is 119 Å². The molecule has 1 aliphatic rings. The molecule has 3 nitrogen and oxygen atoms in total. The number of hydrogen-bond acceptors (Lipinski definition) is 3. The smallest absolute Gasteiger partial charge is 0.160 e. The summed E-state index contributed by atoms with van der Waals surface area (Å²) >= 11 is 0. The van der Waals surface area contributed by atoms with Crippen LogP contribution in [-0.4, -0.2) is 44.5 Å². The van der Waals surface area contributed by atoms with E-state index in [1.807, 2.05) is 0 Å². The van der Waals surface area contributed by atoms with Gasteiger partial charge in [0.2, 0.25) is 0 Å². The molecule has 0 amide bonds. The van der Waals surface area contributed by atoms with Crippen LogP contribution in [0.2, 0.25) is 0 Å². The molecule has 0 aliphatic carbocycles. The van der Waals surface area contributed by atoms with E-state index < -0.39 is 0 Å². The van der Waals surface area contributed by atoms with Crippen LogP contribution in [0.1, 0.15) is 51.9 Å². The third kappa shape index (κ3) is 6.55. The van der Waals surface area contributed by atoms with Gasteiger partial charge in [0.05, 0.1) is 0 Å². The third-order valence-electron chi connectivity index (χ3n) is 3.93. The van der Waals surface area contributed by atoms with Gasteiger partial charge in [0.15, 0.2) is 6.29 Å². The van der Waals surface area contributed by atoms with Gasteiger partial charge in [0.1, 0.15) is 0 Å². The van der Waals surface area contributed by atoms with Crippen molar-refractivity contribution in [2.75, 3.05) is 27.3 Å². The summed E-state index contributed by atoms with van der Waals surface area (Å²) in [5.41, 5.74) is 0. The highest BCUT2D eigenvalue weighted by Crippen LogP contribution is 2.17. The van der Waals surface area contributed by atoms with E-state index in [1.54, 1.807) is 14.2 Å². The molecule has 0 unspecified atom stereocenters. The molecule has 19 heavy (non-hydrogen) atoms. The number of nitrogens with zero attached hydrogens (tertiary/aromatic N) is 1. The highest BCUT2D eigenvalue weighted by atomic mass is 16.7. The van der Waals surface area contributed by atoms with Gasteiger partial charge in [-0.05, 0) is 32.4 Å². The average molecular weight is 269 g/mol. The quantitative estimate of drug-likeness (QED) is 0.471. The normalized spacial score (nSPS) is 19.4. The van der Waals surface area contributed by atoms with Crippen molar-refractivity contribution < 1.29 is 9.47 Å². The van der Waals surface area contributed by atoms with Gasteiger partial charge in [-0.15, -0.1) is 0 Å². The summed E-state index contributed by atoms with van der Waals surface area (Å²) in [5, 5.41) is 0. The van der Waals surface area contributed by atoms with E-state index in [0.717, 1.165) is 6.42 Å². The van der Waals surface area contributed by atoms with Crippen LogP contribution in [0.25, 0.3) is 0 Å². The molecule has 1 heterocycles. The maximum atomic E-state index is 5.22. The van der Waals surface area contributed by atoms with Crippen molar-refractivity contribution in [3.8, 4) is 0 Å². The van der Waals surface area contributed by atoms with Gasteiger partial charge in [-0.3, -0.25) is 4.90 Å². The number of hydrogen-bond donors (Lipinski definition) is 0. The van der Waals surface area contributed by atoms with Gasteiger partial charge < -0.3 is 9.47 Å². The maximum absolute atomic E-state index is 5.22. The van der Waals surface area contributed by atoms with Crippen molar-refractivity contribution in [2.45, 2.75) is 64.2 Å². The molecule has 112 valence electrons. The summed E-state index contributed by atoms with van der Waals surface area (Å²) in [6.45, 7) is 4.79. The number of piperidine rings is 1. The predicted octanol–water partition coefficient (Wildman–Crippen LogP) is 3.60. The van der Waals surface area contributed by atoms with E-state index >= 15 is 0 Å². The monoisotopic (exact) mass is 269 g/mol. The molecular formula is C16H31NO2. The minimum absolute atomic E-state index is 0.107. The van der Waals surface area contributed by atoms with Crippen LogP contribution in [-0.2, 0) is 9.47 Å². The lowest BCUT2D eigenvalue weighted by Gasteiger charge is -2.33. The molecule has 0 N–H and O–H groups in total. The minimum Gasteiger partial charge on any atom is -0.356 e. The van der Waals surface area contributed by atoms with Crippen LogP contribution < -0.4 is 0 Å². The molecule has 3 heteroatoms. The summed E-state index contributed by atoms with van der Waals surface area (Å²) in [4.78, 5) is 2.64. The first kappa shape index (κ1) is 16.7. The van der Waals surface area contributed by atoms with Crippen LogP contribution in [0.15, 0.2) is 12.2 Å². The van der Waals surface area contributed by atoms with Gasteiger partial charge in [-0.2, -0.15) is 0 Å². The van der Waals surface area contributed by atoms with E-state index in [1.165, 1.54) is 51.6 Å². The van der Waals surface area contributed by atoms with Crippen LogP contribution in [0.4, 0.5) is 0 Å². The molecule has 1 atom stereocenters. The lowest BCUT2D eigenvalue weighted by atomic mass is 10.0. The van der Waals surface area contributed by atoms with Crippen molar-refractivity contribution in [1.29, 1.82) is 0 Å². The second-order valence-corrected chi connectivity index (χ2v) is 5.37. The maximum Gasteiger partial charge on any atom is 0.160 e. The van der Waals surface area contributed by atoms with Crippen LogP contribution in [0, 0.1) is 0 Å². The number of unbranched alkanes of at least 4 members (excludes halogenated alkanes) is 1. The molecule has 0 spiro atoms. The first-order valence-electron chi connectivity index (χ1n) is 7.78. The lowest BCUT2D eigenvalue weighted by Crippen LogP contribution is -2.38. The Bertz CT molecular complexity index is 233. The molecule has 1 rings (SSSR count). The van der Waals surface area contributed by atoms with Gasteiger partial charge in [-0.25, -0.2) is 0 Å². The summed E-state index contributed by atoms with van der Waals surface area (Å²) in [6, 6.07) is 0.606. The molecule has 0 aromatic rings. The largest absolute Gasteiger partial charge is 0.356 e. The molecule has 0 radical (unpaired) electrons. The second kappa shape index (κ2) is 10.4. The third-order valence-corrected chi connectivity index (χ3v) is 3.93. The fraction of sp³-hybridized carbons (Fsp3) is 0.875. The molecule has 1 fully saturated rings. The zero-order chi connectivity index (χ0) is 13.9. The molecular weight excluding hydrogens is 238 g/mol. The molecule has 0 saturated carbocycles. The standard InChI is InChI=1S/C16H31NO2/c1-4-5-10-15(17-13-7-6-8-14-17)11-9-12-16(18-2)19-3/h9,11,15-16H,4-8,10,12-14H2,1-3H3/b11-9+/t15-/m1/s1. The molecule has 0 bridgehead atoms. The average Bonchev–Trinajstić information content (AvgIpc) is 2.47. The Morgan fingerprint density at radius 3 is 2.37 bits per heavy atom. The number of likely N-dealkylation sites (tertiary alicyclic amines) is 1. The zero-order valence-corrected chi connectivity index (χ0v) is 12.9. The van der Waals surface area contributed by atoms with E-state index in [-0.39, 0.29) is 6.29 Å². The highest BCUT2D eigenvalue weighted by molar-refractivity contribution is 4.95. The Morgan fingerprint density at radius 2 is 1.79 bits per heavy atom. The number of methoxy groups -OCH3 is 2. The summed E-state index contributed by atoms with van der Waals surface area (Å²) in [5.74, 6) is 0. The Morgan fingerprint density at radius 1 is 1.11 bits per heavy atom. The summed E-state index contributed by atoms with van der Waals surface area (Å²) in [7, 11) is 3.39. The molecule has 1 saturated heterocycles. The van der Waals surface area contributed by atoms with Crippen molar-refractivity contribution in [3.05, 3.63) is 12.2 Å². The second-order valence-electron chi connectivity index (χ2n) is 5.37. The van der Waals surface area contributed by atoms with Gasteiger partial charge in [0.25, 0.3) is 0 Å². The first-order valence-corrected chi connectivity index (χ1v) is 7.78. The van der Waals surface area contributed by atoms with Crippen LogP contribution in [0.3, 0.4) is 0 Å². The molecule has 0 aromatic heterocycles. The topological polar surface area (TPSA) is 21.7 Å². The van der Waals surface area contributed by atoms with E-state index in [9.17, 15) is 0 Å². The SMILES string of the molecule is CCCC[C@H](/C=C/CC(OC)OC)N1CCCCC1. The molecule has 1 aliphatic heterocycles. The lowest BCUT2D eigenvalue weighted by molar-refractivity contribution is -0.0986. The Kier molecular flexibility index (Phi) is 9.14. The minimum atomic E-state index is -0.107. The summed E-state index contributed by atoms with van der Waals surface area (Å²) < 4.78 is 10.4. The van der Waals surface area contributed by atoms with Gasteiger partial charge in [-0.1, -0.05) is 38.3 Å². The van der Waals surface area contributed by atoms with E-state index in [0.29, 0.717) is 6.04 Å². The predicted molar refractivity (Wildman–Crippen MR) is 80.3 cm³/mol. The first-order chi connectivity index (χ1) is 9.31. The number of rotatable bonds is 9. The van der Waals surface area contributed by atoms with Crippen molar-refractivity contribution in [1.82, 2.24) is 4.90 Å². The number of ether oxygens (including phenoxy) is 2. The summed E-state index contributed by atoms with van der Waals surface area (Å²) in [6.07, 6.45) is 13.3. The van der Waals surface area contributed by atoms with Crippen LogP contribution in [0.5, 0.6) is 0 Å². The fourth-order valence-corrected chi connectivity index (χ4v) is 2.70. The molecule has 0 aromatic carbocycles. The Hall–Kier alpha value is -0.380. The van der Waals surface area contributed by atoms with E-state index in [2.05, 4.69) is 24.0 Å². The van der Waals surface area contributed by atoms with Gasteiger partial charge >= 0.3 is 0 Å². The van der Waals surface area contributed by atoms with E-state index in [4.69, 9.17) is 9.47 Å². The zero-order valence-electron chi connectivity index (χ0n) is 12.9.